The number of carbonyl (C=O) groups is 1. The number of phenolic OH excluding ortho intramolecular Hbond substituents is 2. The molecule has 2 aromatic heterocycles. The summed E-state index contributed by atoms with van der Waals surface area (Å²) in [6.45, 7) is 2.34. The number of amides is 1. The molecular weight excluding hydrogens is 490 g/mol. The third-order valence-electron chi connectivity index (χ3n) is 6.73. The maximum atomic E-state index is 12.4. The number of ether oxygens (including phenoxy) is 2. The first kappa shape index (κ1) is 24.9. The lowest BCUT2D eigenvalue weighted by molar-refractivity contribution is -0.141. The lowest BCUT2D eigenvalue weighted by Gasteiger charge is -2.41. The summed E-state index contributed by atoms with van der Waals surface area (Å²) in [6, 6.07) is 1.75. The molecule has 0 radical (unpaired) electrons. The minimum absolute atomic E-state index is 0.0919. The molecule has 0 spiro atoms. The van der Waals surface area contributed by atoms with E-state index in [0.29, 0.717) is 18.6 Å². The van der Waals surface area contributed by atoms with Gasteiger partial charge >= 0.3 is 5.63 Å². The fraction of sp³-hybridized carbons (Fsp3) is 0.440. The van der Waals surface area contributed by atoms with E-state index in [1.54, 1.807) is 13.0 Å². The summed E-state index contributed by atoms with van der Waals surface area (Å²) in [5.74, 6) is -1.11. The Labute approximate surface area is 209 Å². The third-order valence-corrected chi connectivity index (χ3v) is 6.73. The highest BCUT2D eigenvalue weighted by Gasteiger charge is 2.43. The summed E-state index contributed by atoms with van der Waals surface area (Å²) < 4.78 is 22.5. The van der Waals surface area contributed by atoms with Gasteiger partial charge in [-0.25, -0.2) is 4.79 Å². The van der Waals surface area contributed by atoms with Crippen LogP contribution in [0, 0.1) is 12.8 Å². The summed E-state index contributed by atoms with van der Waals surface area (Å²) in [7, 11) is 0. The van der Waals surface area contributed by atoms with E-state index in [4.69, 9.17) is 18.3 Å². The lowest BCUT2D eigenvalue weighted by Crippen LogP contribution is -2.58. The Morgan fingerprint density at radius 1 is 1.19 bits per heavy atom. The molecule has 0 bridgehead atoms. The van der Waals surface area contributed by atoms with Gasteiger partial charge in [-0.1, -0.05) is 0 Å². The fourth-order valence-electron chi connectivity index (χ4n) is 4.83. The van der Waals surface area contributed by atoms with E-state index < -0.39 is 60.1 Å². The summed E-state index contributed by atoms with van der Waals surface area (Å²) in [5, 5.41) is 53.8. The van der Waals surface area contributed by atoms with Crippen LogP contribution in [0.4, 0.5) is 0 Å². The van der Waals surface area contributed by atoms with E-state index in [9.17, 15) is 35.1 Å². The normalized spacial score (nSPS) is 28.7. The van der Waals surface area contributed by atoms with Gasteiger partial charge in [0.1, 0.15) is 52.9 Å². The molecule has 3 heterocycles. The van der Waals surface area contributed by atoms with Crippen LogP contribution >= 0.6 is 0 Å². The second-order valence-electron chi connectivity index (χ2n) is 9.47. The molecule has 2 fully saturated rings. The molecule has 3 aromatic rings. The summed E-state index contributed by atoms with van der Waals surface area (Å²) in [6.07, 6.45) is -1.63. The van der Waals surface area contributed by atoms with Gasteiger partial charge in [0.15, 0.2) is 11.3 Å². The Balaban J connectivity index is 1.39. The number of aliphatic hydroxyl groups excluding tert-OH is 3. The van der Waals surface area contributed by atoms with Gasteiger partial charge in [-0.05, 0) is 37.8 Å². The number of hydrogen-bond acceptors (Lipinski definition) is 11. The van der Waals surface area contributed by atoms with Crippen molar-refractivity contribution in [3.05, 3.63) is 40.1 Å². The summed E-state index contributed by atoms with van der Waals surface area (Å²) >= 11 is 0. The minimum atomic E-state index is -1.39. The SMILES string of the molecule is CC(=O)N[C@H]1C(=CC2CC(Oc3c(O)c(O)cc4c3oc3cc(C)oc(=O)c34)C2)O[C@H](CO)[C@@H](O)[C@@H]1O. The largest absolute Gasteiger partial charge is 0.504 e. The molecule has 1 saturated heterocycles. The topological polar surface area (TPSA) is 192 Å². The Hall–Kier alpha value is -3.74. The number of hydrogen-bond donors (Lipinski definition) is 6. The molecule has 4 atom stereocenters. The van der Waals surface area contributed by atoms with Crippen LogP contribution in [0.1, 0.15) is 25.5 Å². The Morgan fingerprint density at radius 2 is 1.92 bits per heavy atom. The monoisotopic (exact) mass is 517 g/mol. The first-order valence-electron chi connectivity index (χ1n) is 11.8. The van der Waals surface area contributed by atoms with Gasteiger partial charge in [0.05, 0.1) is 6.61 Å². The van der Waals surface area contributed by atoms with Crippen molar-refractivity contribution in [3.63, 3.8) is 0 Å². The Bertz CT molecular complexity index is 1450. The zero-order valence-electron chi connectivity index (χ0n) is 20.0. The van der Waals surface area contributed by atoms with Crippen molar-refractivity contribution in [2.24, 2.45) is 5.92 Å². The van der Waals surface area contributed by atoms with Gasteiger partial charge in [-0.15, -0.1) is 0 Å². The third kappa shape index (κ3) is 4.37. The molecule has 6 N–H and O–H groups in total. The predicted molar refractivity (Wildman–Crippen MR) is 127 cm³/mol. The van der Waals surface area contributed by atoms with Crippen LogP contribution in [0.25, 0.3) is 21.9 Å². The van der Waals surface area contributed by atoms with E-state index in [0.717, 1.165) is 0 Å². The highest BCUT2D eigenvalue weighted by molar-refractivity contribution is 6.07. The van der Waals surface area contributed by atoms with Crippen LogP contribution in [-0.2, 0) is 9.53 Å². The van der Waals surface area contributed by atoms with Gasteiger partial charge < -0.3 is 49.2 Å². The summed E-state index contributed by atoms with van der Waals surface area (Å²) in [4.78, 5) is 24.0. The molecule has 5 rings (SSSR count). The second kappa shape index (κ2) is 9.29. The molecule has 12 nitrogen and oxygen atoms in total. The molecule has 1 saturated carbocycles. The summed E-state index contributed by atoms with van der Waals surface area (Å²) in [5.41, 5.74) is -0.323. The van der Waals surface area contributed by atoms with Crippen LogP contribution in [0.3, 0.4) is 0 Å². The van der Waals surface area contributed by atoms with E-state index in [1.165, 1.54) is 19.1 Å². The van der Waals surface area contributed by atoms with Gasteiger partial charge in [-0.2, -0.15) is 0 Å². The maximum absolute atomic E-state index is 12.4. The molecule has 1 aromatic carbocycles. The first-order chi connectivity index (χ1) is 17.6. The molecule has 1 aliphatic heterocycles. The first-order valence-corrected chi connectivity index (χ1v) is 11.8. The minimum Gasteiger partial charge on any atom is -0.504 e. The van der Waals surface area contributed by atoms with Crippen molar-refractivity contribution < 1.29 is 48.6 Å². The van der Waals surface area contributed by atoms with Crippen LogP contribution < -0.4 is 15.7 Å². The average Bonchev–Trinajstić information content (AvgIpc) is 3.16. The number of aliphatic hydroxyl groups is 3. The predicted octanol–water partition coefficient (Wildman–Crippen LogP) is 0.918. The van der Waals surface area contributed by atoms with Crippen molar-refractivity contribution >= 4 is 27.8 Å². The molecule has 2 aliphatic rings. The van der Waals surface area contributed by atoms with Crippen LogP contribution in [0.15, 0.2) is 37.6 Å². The zero-order valence-corrected chi connectivity index (χ0v) is 20.0. The number of phenols is 2. The molecule has 0 unspecified atom stereocenters. The number of furan rings is 1. The number of fused-ring (bicyclic) bond motifs is 3. The van der Waals surface area contributed by atoms with Crippen LogP contribution in [0.2, 0.25) is 0 Å². The van der Waals surface area contributed by atoms with E-state index in [-0.39, 0.29) is 39.4 Å². The number of benzene rings is 1. The molecule has 1 aliphatic carbocycles. The van der Waals surface area contributed by atoms with Crippen molar-refractivity contribution in [1.82, 2.24) is 5.32 Å². The van der Waals surface area contributed by atoms with Crippen molar-refractivity contribution in [2.45, 2.75) is 57.1 Å². The van der Waals surface area contributed by atoms with Crippen molar-refractivity contribution in [1.29, 1.82) is 0 Å². The molecule has 12 heteroatoms. The number of aryl methyl sites for hydroxylation is 1. The maximum Gasteiger partial charge on any atom is 0.347 e. The fourth-order valence-corrected chi connectivity index (χ4v) is 4.83. The second-order valence-corrected chi connectivity index (χ2v) is 9.47. The standard InChI is InChI=1S/C25H27NO11/c1-9-3-15-18(25(33)34-9)13-7-14(29)20(30)24(23(13)37-15)35-12-4-11(5-12)6-16-19(26-10(2)28)22(32)21(31)17(8-27)36-16/h3,6-7,11-12,17,19,21-22,27,29-32H,4-5,8H2,1-2H3,(H,26,28)/t11?,12?,17-,19+,21-,22-/m1/s1. The molecule has 1 amide bonds. The Morgan fingerprint density at radius 3 is 2.59 bits per heavy atom. The number of carbonyl (C=O) groups excluding carboxylic acids is 1. The highest BCUT2D eigenvalue weighted by Crippen LogP contribution is 2.47. The van der Waals surface area contributed by atoms with Gasteiger partial charge in [-0.3, -0.25) is 4.79 Å². The van der Waals surface area contributed by atoms with Crippen LogP contribution in [-0.4, -0.2) is 68.5 Å². The van der Waals surface area contributed by atoms with E-state index in [1.807, 2.05) is 0 Å². The molecule has 198 valence electrons. The van der Waals surface area contributed by atoms with Crippen LogP contribution in [0.5, 0.6) is 17.2 Å². The zero-order chi connectivity index (χ0) is 26.6. The quantitative estimate of drug-likeness (QED) is 0.264. The number of nitrogens with one attached hydrogen (secondary N) is 1. The Kier molecular flexibility index (Phi) is 6.26. The molecule has 37 heavy (non-hydrogen) atoms. The number of allylic oxidation sites excluding steroid dienone is 1. The highest BCUT2D eigenvalue weighted by atomic mass is 16.5. The van der Waals surface area contributed by atoms with Gasteiger partial charge in [0, 0.05) is 18.4 Å². The van der Waals surface area contributed by atoms with Crippen molar-refractivity contribution in [2.75, 3.05) is 6.61 Å². The lowest BCUT2D eigenvalue weighted by atomic mass is 9.80. The molecular formula is C25H27NO11. The number of aromatic hydroxyl groups is 2. The average molecular weight is 517 g/mol. The van der Waals surface area contributed by atoms with Gasteiger partial charge in [0.2, 0.25) is 17.4 Å². The van der Waals surface area contributed by atoms with Gasteiger partial charge in [0.25, 0.3) is 0 Å². The number of rotatable bonds is 5. The van der Waals surface area contributed by atoms with E-state index >= 15 is 0 Å². The smallest absolute Gasteiger partial charge is 0.347 e. The van der Waals surface area contributed by atoms with Crippen molar-refractivity contribution in [3.8, 4) is 17.2 Å². The van der Waals surface area contributed by atoms with E-state index in [2.05, 4.69) is 5.32 Å².